The van der Waals surface area contributed by atoms with Gasteiger partial charge in [0.2, 0.25) is 5.91 Å². The molecule has 3 rings (SSSR count). The molecule has 148 valence electrons. The molecule has 6 nitrogen and oxygen atoms in total. The molecule has 1 amide bonds. The zero-order valence-corrected chi connectivity index (χ0v) is 16.5. The number of amides is 1. The maximum absolute atomic E-state index is 11.2. The summed E-state index contributed by atoms with van der Waals surface area (Å²) in [7, 11) is 4.94. The maximum Gasteiger partial charge on any atom is 0.248 e. The molecule has 1 aliphatic heterocycles. The molecule has 1 heterocycles. The summed E-state index contributed by atoms with van der Waals surface area (Å²) in [5, 5.41) is 0. The zero-order valence-electron chi connectivity index (χ0n) is 16.5. The maximum atomic E-state index is 11.2. The monoisotopic (exact) mass is 382 g/mol. The molecule has 0 saturated heterocycles. The van der Waals surface area contributed by atoms with Crippen LogP contribution in [0.25, 0.3) is 5.57 Å². The first-order valence-corrected chi connectivity index (χ1v) is 9.16. The lowest BCUT2D eigenvalue weighted by Crippen LogP contribution is -2.28. The average Bonchev–Trinajstić information content (AvgIpc) is 2.73. The molecule has 0 saturated carbocycles. The Bertz CT molecular complexity index is 850. The second-order valence-electron chi connectivity index (χ2n) is 6.68. The molecule has 28 heavy (non-hydrogen) atoms. The zero-order chi connectivity index (χ0) is 20.1. The van der Waals surface area contributed by atoms with Crippen molar-refractivity contribution >= 4 is 11.5 Å². The second kappa shape index (κ2) is 8.80. The van der Waals surface area contributed by atoms with Crippen LogP contribution in [0.3, 0.4) is 0 Å². The van der Waals surface area contributed by atoms with E-state index in [-0.39, 0.29) is 0 Å². The Balaban J connectivity index is 1.75. The van der Waals surface area contributed by atoms with E-state index in [1.807, 2.05) is 24.3 Å². The van der Waals surface area contributed by atoms with Gasteiger partial charge in [0.25, 0.3) is 0 Å². The average molecular weight is 382 g/mol. The van der Waals surface area contributed by atoms with E-state index in [0.29, 0.717) is 11.3 Å². The van der Waals surface area contributed by atoms with Crippen LogP contribution in [0.15, 0.2) is 42.5 Å². The van der Waals surface area contributed by atoms with Gasteiger partial charge in [-0.25, -0.2) is 0 Å². The van der Waals surface area contributed by atoms with Crippen LogP contribution in [0.2, 0.25) is 0 Å². The van der Waals surface area contributed by atoms with Gasteiger partial charge in [-0.2, -0.15) is 0 Å². The van der Waals surface area contributed by atoms with Crippen LogP contribution in [0, 0.1) is 0 Å². The Labute approximate surface area is 165 Å². The van der Waals surface area contributed by atoms with Crippen molar-refractivity contribution in [3.05, 3.63) is 59.2 Å². The lowest BCUT2D eigenvalue weighted by molar-refractivity contribution is 0.100. The van der Waals surface area contributed by atoms with E-state index in [2.05, 4.69) is 11.0 Å². The van der Waals surface area contributed by atoms with Crippen LogP contribution >= 0.6 is 0 Å². The van der Waals surface area contributed by atoms with E-state index in [4.69, 9.17) is 19.9 Å². The van der Waals surface area contributed by atoms with Crippen LogP contribution in [-0.4, -0.2) is 45.2 Å². The molecule has 0 atom stereocenters. The third-order valence-electron chi connectivity index (χ3n) is 4.97. The van der Waals surface area contributed by atoms with Gasteiger partial charge in [0.15, 0.2) is 0 Å². The second-order valence-corrected chi connectivity index (χ2v) is 6.68. The highest BCUT2D eigenvalue weighted by Crippen LogP contribution is 2.40. The SMILES string of the molecule is COc1cc(OC)c(C2=CCN(Cc3ccc(C(N)=O)cc3)CC2)c(OC)c1. The summed E-state index contributed by atoms with van der Waals surface area (Å²) in [5.41, 5.74) is 9.17. The number of primary amides is 1. The fourth-order valence-electron chi connectivity index (χ4n) is 3.44. The molecule has 0 aliphatic carbocycles. The lowest BCUT2D eigenvalue weighted by Gasteiger charge is -2.28. The Morgan fingerprint density at radius 2 is 1.68 bits per heavy atom. The summed E-state index contributed by atoms with van der Waals surface area (Å²) in [4.78, 5) is 13.5. The minimum absolute atomic E-state index is 0.403. The Kier molecular flexibility index (Phi) is 6.21. The van der Waals surface area contributed by atoms with Gasteiger partial charge >= 0.3 is 0 Å². The predicted octanol–water partition coefficient (Wildman–Crippen LogP) is 3.10. The number of methoxy groups -OCH3 is 3. The minimum atomic E-state index is -0.403. The van der Waals surface area contributed by atoms with Crippen molar-refractivity contribution in [2.75, 3.05) is 34.4 Å². The largest absolute Gasteiger partial charge is 0.496 e. The number of hydrogen-bond donors (Lipinski definition) is 1. The molecular formula is C22H26N2O4. The van der Waals surface area contributed by atoms with Crippen molar-refractivity contribution in [2.24, 2.45) is 5.73 Å². The number of nitrogens with zero attached hydrogens (tertiary/aromatic N) is 1. The molecule has 0 fully saturated rings. The van der Waals surface area contributed by atoms with E-state index in [9.17, 15) is 4.79 Å². The molecule has 0 aromatic heterocycles. The van der Waals surface area contributed by atoms with Gasteiger partial charge < -0.3 is 19.9 Å². The standard InChI is InChI=1S/C22H26N2O4/c1-26-18-12-19(27-2)21(20(13-18)28-3)16-8-10-24(11-9-16)14-15-4-6-17(7-5-15)22(23)25/h4-8,12-13H,9-11,14H2,1-3H3,(H2,23,25). The lowest BCUT2D eigenvalue weighted by atomic mass is 9.97. The summed E-state index contributed by atoms with van der Waals surface area (Å²) in [6.07, 6.45) is 3.10. The molecular weight excluding hydrogens is 356 g/mol. The first-order chi connectivity index (χ1) is 13.5. The first-order valence-electron chi connectivity index (χ1n) is 9.16. The number of ether oxygens (including phenoxy) is 3. The third-order valence-corrected chi connectivity index (χ3v) is 4.97. The smallest absolute Gasteiger partial charge is 0.248 e. The van der Waals surface area contributed by atoms with E-state index >= 15 is 0 Å². The van der Waals surface area contributed by atoms with Gasteiger partial charge in [-0.15, -0.1) is 0 Å². The number of hydrogen-bond acceptors (Lipinski definition) is 5. The fraction of sp³-hybridized carbons (Fsp3) is 0.318. The van der Waals surface area contributed by atoms with Crippen LogP contribution in [0.1, 0.15) is 27.9 Å². The highest BCUT2D eigenvalue weighted by Gasteiger charge is 2.21. The van der Waals surface area contributed by atoms with Crippen molar-refractivity contribution in [3.63, 3.8) is 0 Å². The molecule has 0 radical (unpaired) electrons. The van der Waals surface area contributed by atoms with Crippen molar-refractivity contribution in [2.45, 2.75) is 13.0 Å². The molecule has 0 spiro atoms. The van der Waals surface area contributed by atoms with Crippen LogP contribution in [-0.2, 0) is 6.54 Å². The van der Waals surface area contributed by atoms with Gasteiger partial charge in [0.1, 0.15) is 17.2 Å². The predicted molar refractivity (Wildman–Crippen MR) is 109 cm³/mol. The fourth-order valence-corrected chi connectivity index (χ4v) is 3.44. The molecule has 0 bridgehead atoms. The van der Waals surface area contributed by atoms with E-state index in [0.717, 1.165) is 48.7 Å². The van der Waals surface area contributed by atoms with Crippen molar-refractivity contribution in [3.8, 4) is 17.2 Å². The van der Waals surface area contributed by atoms with Crippen LogP contribution in [0.5, 0.6) is 17.2 Å². The highest BCUT2D eigenvalue weighted by atomic mass is 16.5. The van der Waals surface area contributed by atoms with Crippen LogP contribution in [0.4, 0.5) is 0 Å². The number of benzene rings is 2. The summed E-state index contributed by atoms with van der Waals surface area (Å²) >= 11 is 0. The number of nitrogens with two attached hydrogens (primary N) is 1. The quantitative estimate of drug-likeness (QED) is 0.797. The molecule has 0 unspecified atom stereocenters. The topological polar surface area (TPSA) is 74.0 Å². The number of rotatable bonds is 7. The number of carbonyl (C=O) groups is 1. The molecule has 2 aromatic rings. The third kappa shape index (κ3) is 4.28. The molecule has 6 heteroatoms. The van der Waals surface area contributed by atoms with E-state index in [1.54, 1.807) is 33.5 Å². The normalized spacial score (nSPS) is 14.3. The number of carbonyl (C=O) groups excluding carboxylic acids is 1. The molecule has 2 N–H and O–H groups in total. The van der Waals surface area contributed by atoms with Gasteiger partial charge in [-0.1, -0.05) is 18.2 Å². The summed E-state index contributed by atoms with van der Waals surface area (Å²) in [6, 6.07) is 11.2. The highest BCUT2D eigenvalue weighted by molar-refractivity contribution is 5.92. The van der Waals surface area contributed by atoms with Crippen molar-refractivity contribution in [1.82, 2.24) is 4.90 Å². The van der Waals surface area contributed by atoms with Crippen LogP contribution < -0.4 is 19.9 Å². The summed E-state index contributed by atoms with van der Waals surface area (Å²) in [6.45, 7) is 2.56. The Morgan fingerprint density at radius 3 is 2.14 bits per heavy atom. The minimum Gasteiger partial charge on any atom is -0.496 e. The molecule has 2 aromatic carbocycles. The van der Waals surface area contributed by atoms with Gasteiger partial charge in [-0.05, 0) is 29.7 Å². The van der Waals surface area contributed by atoms with Gasteiger partial charge in [0, 0.05) is 37.3 Å². The first kappa shape index (κ1) is 19.8. The van der Waals surface area contributed by atoms with E-state index in [1.165, 1.54) is 5.57 Å². The summed E-state index contributed by atoms with van der Waals surface area (Å²) < 4.78 is 16.5. The van der Waals surface area contributed by atoms with Crippen molar-refractivity contribution in [1.29, 1.82) is 0 Å². The van der Waals surface area contributed by atoms with Crippen molar-refractivity contribution < 1.29 is 19.0 Å². The van der Waals surface area contributed by atoms with Gasteiger partial charge in [-0.3, -0.25) is 9.69 Å². The van der Waals surface area contributed by atoms with E-state index < -0.39 is 5.91 Å². The summed E-state index contributed by atoms with van der Waals surface area (Å²) in [5.74, 6) is 1.80. The Morgan fingerprint density at radius 1 is 1.04 bits per heavy atom. The Hall–Kier alpha value is -2.99. The van der Waals surface area contributed by atoms with Gasteiger partial charge in [0.05, 0.1) is 26.9 Å². The molecule has 1 aliphatic rings.